The van der Waals surface area contributed by atoms with Crippen LogP contribution in [0.25, 0.3) is 0 Å². The molecule has 1 rings (SSSR count). The van der Waals surface area contributed by atoms with Crippen LogP contribution in [0.3, 0.4) is 0 Å². The average molecular weight is 313 g/mol. The van der Waals surface area contributed by atoms with Gasteiger partial charge in [-0.2, -0.15) is 0 Å². The highest BCUT2D eigenvalue weighted by Gasteiger charge is 2.14. The maximum absolute atomic E-state index is 12.7. The molecule has 5 nitrogen and oxygen atoms in total. The van der Waals surface area contributed by atoms with Crippen molar-refractivity contribution in [3.8, 4) is 0 Å². The van der Waals surface area contributed by atoms with Crippen LogP contribution in [0.5, 0.6) is 0 Å². The quantitative estimate of drug-likeness (QED) is 0.631. The van der Waals surface area contributed by atoms with E-state index in [0.29, 0.717) is 18.8 Å². The number of thioether (sulfide) groups is 1. The molecule has 1 unspecified atom stereocenters. The molecule has 1 aromatic rings. The first kappa shape index (κ1) is 17.5. The van der Waals surface area contributed by atoms with E-state index in [-0.39, 0.29) is 28.6 Å². The number of anilines is 1. The van der Waals surface area contributed by atoms with Crippen LogP contribution in [0.1, 0.15) is 6.92 Å². The lowest BCUT2D eigenvalue weighted by molar-refractivity contribution is -0.120. The van der Waals surface area contributed by atoms with Gasteiger partial charge in [0.25, 0.3) is 0 Å². The van der Waals surface area contributed by atoms with Gasteiger partial charge in [0, 0.05) is 18.8 Å². The number of hydrogen-bond donors (Lipinski definition) is 3. The third kappa shape index (κ3) is 7.10. The SMILES string of the molecule is CNCCNC(=O)C(C)SCC(=O)Nc1ccc(F)cc1. The Kier molecular flexibility index (Phi) is 7.78. The number of halogens is 1. The standard InChI is InChI=1S/C14H20FN3O2S/c1-10(14(20)17-8-7-16-2)21-9-13(19)18-12-5-3-11(15)4-6-12/h3-6,10,16H,7-9H2,1-2H3,(H,17,20)(H,18,19). The van der Waals surface area contributed by atoms with Crippen LogP contribution < -0.4 is 16.0 Å². The van der Waals surface area contributed by atoms with Crippen LogP contribution in [-0.2, 0) is 9.59 Å². The summed E-state index contributed by atoms with van der Waals surface area (Å²) in [7, 11) is 1.81. The molecule has 0 radical (unpaired) electrons. The highest BCUT2D eigenvalue weighted by Crippen LogP contribution is 2.12. The molecule has 1 atom stereocenters. The zero-order valence-electron chi connectivity index (χ0n) is 12.1. The first-order chi connectivity index (χ1) is 10.0. The second kappa shape index (κ2) is 9.36. The summed E-state index contributed by atoms with van der Waals surface area (Å²) < 4.78 is 12.7. The minimum absolute atomic E-state index is 0.0927. The van der Waals surface area contributed by atoms with E-state index in [1.165, 1.54) is 36.0 Å². The summed E-state index contributed by atoms with van der Waals surface area (Å²) in [5.74, 6) is -0.501. The van der Waals surface area contributed by atoms with Gasteiger partial charge in [-0.15, -0.1) is 11.8 Å². The van der Waals surface area contributed by atoms with Gasteiger partial charge in [0.2, 0.25) is 11.8 Å². The molecule has 0 fully saturated rings. The topological polar surface area (TPSA) is 70.2 Å². The molecule has 0 aliphatic heterocycles. The molecule has 0 aliphatic carbocycles. The minimum Gasteiger partial charge on any atom is -0.354 e. The number of nitrogens with one attached hydrogen (secondary N) is 3. The smallest absolute Gasteiger partial charge is 0.234 e. The Bertz CT molecular complexity index is 468. The van der Waals surface area contributed by atoms with Gasteiger partial charge < -0.3 is 16.0 Å². The first-order valence-corrected chi connectivity index (χ1v) is 7.67. The summed E-state index contributed by atoms with van der Waals surface area (Å²) in [5.41, 5.74) is 0.535. The van der Waals surface area contributed by atoms with Crippen LogP contribution in [0.15, 0.2) is 24.3 Å². The predicted molar refractivity (Wildman–Crippen MR) is 83.9 cm³/mol. The molecule has 0 bridgehead atoms. The van der Waals surface area contributed by atoms with Crippen molar-refractivity contribution in [1.29, 1.82) is 0 Å². The van der Waals surface area contributed by atoms with Gasteiger partial charge in [-0.3, -0.25) is 9.59 Å². The molecule has 0 saturated heterocycles. The summed E-state index contributed by atoms with van der Waals surface area (Å²) in [6, 6.07) is 5.54. The van der Waals surface area contributed by atoms with Crippen LogP contribution in [-0.4, -0.2) is 43.0 Å². The van der Waals surface area contributed by atoms with Crippen molar-refractivity contribution in [1.82, 2.24) is 10.6 Å². The zero-order valence-corrected chi connectivity index (χ0v) is 12.9. The molecule has 0 saturated carbocycles. The van der Waals surface area contributed by atoms with Crippen molar-refractivity contribution in [2.45, 2.75) is 12.2 Å². The molecule has 3 N–H and O–H groups in total. The maximum Gasteiger partial charge on any atom is 0.234 e. The molecule has 0 spiro atoms. The zero-order chi connectivity index (χ0) is 15.7. The second-order valence-corrected chi connectivity index (χ2v) is 5.73. The van der Waals surface area contributed by atoms with Crippen molar-refractivity contribution < 1.29 is 14.0 Å². The molecule has 1 aromatic carbocycles. The van der Waals surface area contributed by atoms with E-state index in [2.05, 4.69) is 16.0 Å². The van der Waals surface area contributed by atoms with Gasteiger partial charge in [-0.25, -0.2) is 4.39 Å². The molecule has 0 aliphatic rings. The van der Waals surface area contributed by atoms with Crippen molar-refractivity contribution in [2.75, 3.05) is 31.2 Å². The predicted octanol–water partition coefficient (Wildman–Crippen LogP) is 1.22. The largest absolute Gasteiger partial charge is 0.354 e. The van der Waals surface area contributed by atoms with Gasteiger partial charge in [-0.1, -0.05) is 0 Å². The number of rotatable bonds is 8. The van der Waals surface area contributed by atoms with Crippen LogP contribution in [0.2, 0.25) is 0 Å². The summed E-state index contributed by atoms with van der Waals surface area (Å²) in [4.78, 5) is 23.4. The number of benzene rings is 1. The fourth-order valence-corrected chi connectivity index (χ4v) is 2.17. The van der Waals surface area contributed by atoms with Crippen molar-refractivity contribution in [2.24, 2.45) is 0 Å². The molecular formula is C14H20FN3O2S. The van der Waals surface area contributed by atoms with E-state index in [1.54, 1.807) is 6.92 Å². The molecule has 21 heavy (non-hydrogen) atoms. The number of carbonyl (C=O) groups excluding carboxylic acids is 2. The number of likely N-dealkylation sites (N-methyl/N-ethyl adjacent to an activating group) is 1. The monoisotopic (exact) mass is 313 g/mol. The van der Waals surface area contributed by atoms with Gasteiger partial charge in [-0.05, 0) is 38.2 Å². The summed E-state index contributed by atoms with van der Waals surface area (Å²) in [5, 5.41) is 8.04. The van der Waals surface area contributed by atoms with E-state index in [1.807, 2.05) is 7.05 Å². The van der Waals surface area contributed by atoms with Crippen LogP contribution >= 0.6 is 11.8 Å². The molecular weight excluding hydrogens is 293 g/mol. The van der Waals surface area contributed by atoms with E-state index < -0.39 is 0 Å². The molecule has 2 amide bonds. The second-order valence-electron chi connectivity index (χ2n) is 4.40. The third-order valence-corrected chi connectivity index (χ3v) is 3.78. The summed E-state index contributed by atoms with van der Waals surface area (Å²) in [6.45, 7) is 3.01. The third-order valence-electron chi connectivity index (χ3n) is 2.64. The Morgan fingerprint density at radius 2 is 1.90 bits per heavy atom. The highest BCUT2D eigenvalue weighted by atomic mass is 32.2. The van der Waals surface area contributed by atoms with Gasteiger partial charge >= 0.3 is 0 Å². The lowest BCUT2D eigenvalue weighted by atomic mass is 10.3. The molecule has 116 valence electrons. The highest BCUT2D eigenvalue weighted by molar-refractivity contribution is 8.01. The Morgan fingerprint density at radius 1 is 1.24 bits per heavy atom. The van der Waals surface area contributed by atoms with E-state index in [0.717, 1.165) is 0 Å². The lowest BCUT2D eigenvalue weighted by Crippen LogP contribution is -2.35. The van der Waals surface area contributed by atoms with E-state index >= 15 is 0 Å². The number of amides is 2. The Labute approximate surface area is 128 Å². The van der Waals surface area contributed by atoms with Gasteiger partial charge in [0.1, 0.15) is 5.82 Å². The van der Waals surface area contributed by atoms with E-state index in [4.69, 9.17) is 0 Å². The Hall–Kier alpha value is -1.60. The first-order valence-electron chi connectivity index (χ1n) is 6.62. The van der Waals surface area contributed by atoms with Crippen molar-refractivity contribution in [3.63, 3.8) is 0 Å². The van der Waals surface area contributed by atoms with Crippen LogP contribution in [0, 0.1) is 5.82 Å². The maximum atomic E-state index is 12.7. The lowest BCUT2D eigenvalue weighted by Gasteiger charge is -2.12. The molecule has 7 heteroatoms. The number of carbonyl (C=O) groups is 2. The van der Waals surface area contributed by atoms with Crippen molar-refractivity contribution >= 4 is 29.3 Å². The summed E-state index contributed by atoms with van der Waals surface area (Å²) >= 11 is 1.25. The summed E-state index contributed by atoms with van der Waals surface area (Å²) in [6.07, 6.45) is 0. The molecule has 0 aromatic heterocycles. The van der Waals surface area contributed by atoms with Gasteiger partial charge in [0.15, 0.2) is 0 Å². The van der Waals surface area contributed by atoms with Gasteiger partial charge in [0.05, 0.1) is 11.0 Å². The minimum atomic E-state index is -0.353. The van der Waals surface area contributed by atoms with E-state index in [9.17, 15) is 14.0 Å². The molecule has 0 heterocycles. The fourth-order valence-electron chi connectivity index (χ4n) is 1.46. The Morgan fingerprint density at radius 3 is 2.52 bits per heavy atom. The van der Waals surface area contributed by atoms with Crippen molar-refractivity contribution in [3.05, 3.63) is 30.1 Å². The number of hydrogen-bond acceptors (Lipinski definition) is 4. The van der Waals surface area contributed by atoms with Crippen LogP contribution in [0.4, 0.5) is 10.1 Å². The average Bonchev–Trinajstić information content (AvgIpc) is 2.47. The normalized spacial score (nSPS) is 11.8. The Balaban J connectivity index is 2.28. The fraction of sp³-hybridized carbons (Fsp3) is 0.429.